The third-order valence-electron chi connectivity index (χ3n) is 5.76. The number of aliphatic hydroxyl groups is 1. The number of anilines is 1. The van der Waals surface area contributed by atoms with E-state index in [1.807, 2.05) is 54.7 Å². The van der Waals surface area contributed by atoms with Crippen molar-refractivity contribution in [2.45, 2.75) is 37.0 Å². The molecule has 0 bridgehead atoms. The first-order valence-corrected chi connectivity index (χ1v) is 15.2. The number of nitrogens with two attached hydrogens (primary N) is 1. The predicted octanol–water partition coefficient (Wildman–Crippen LogP) is 4.52. The molecule has 37 heavy (non-hydrogen) atoms. The second-order valence-electron chi connectivity index (χ2n) is 8.90. The van der Waals surface area contributed by atoms with Crippen LogP contribution in [0.1, 0.15) is 25.3 Å². The van der Waals surface area contributed by atoms with Gasteiger partial charge in [-0.1, -0.05) is 48.9 Å². The van der Waals surface area contributed by atoms with Crippen molar-refractivity contribution < 1.29 is 14.4 Å². The minimum atomic E-state index is -1.16. The molecule has 0 saturated heterocycles. The largest absolute Gasteiger partial charge is 0.611 e. The molecule has 3 heterocycles. The van der Waals surface area contributed by atoms with Crippen LogP contribution in [0.3, 0.4) is 0 Å². The maximum Gasteiger partial charge on any atom is 0.232 e. The van der Waals surface area contributed by atoms with E-state index < -0.39 is 17.6 Å². The first-order valence-electron chi connectivity index (χ1n) is 12.2. The Morgan fingerprint density at radius 3 is 2.73 bits per heavy atom. The van der Waals surface area contributed by atoms with Gasteiger partial charge in [-0.3, -0.25) is 5.32 Å². The van der Waals surface area contributed by atoms with Crippen LogP contribution in [0.25, 0.3) is 32.0 Å². The average Bonchev–Trinajstić information content (AvgIpc) is 3.54. The number of hydrogen-bond donors (Lipinski definition) is 3. The van der Waals surface area contributed by atoms with Crippen molar-refractivity contribution in [2.75, 3.05) is 38.7 Å². The fourth-order valence-corrected chi connectivity index (χ4v) is 7.14. The van der Waals surface area contributed by atoms with Gasteiger partial charge in [-0.05, 0) is 54.4 Å². The molecule has 4 rings (SSSR count). The number of aliphatic hydroxyl groups excluding tert-OH is 1. The molecule has 0 spiro atoms. The molecule has 2 atom stereocenters. The zero-order chi connectivity index (χ0) is 26.4. The van der Waals surface area contributed by atoms with Gasteiger partial charge in [-0.2, -0.15) is 0 Å². The summed E-state index contributed by atoms with van der Waals surface area (Å²) in [7, 11) is 3.95. The predicted molar refractivity (Wildman–Crippen MR) is 154 cm³/mol. The van der Waals surface area contributed by atoms with Crippen LogP contribution in [0.15, 0.2) is 46.1 Å². The molecule has 4 aromatic rings. The summed E-state index contributed by atoms with van der Waals surface area (Å²) in [4.78, 5) is 12.1. The summed E-state index contributed by atoms with van der Waals surface area (Å²) in [6.07, 6.45) is 2.60. The van der Waals surface area contributed by atoms with E-state index in [2.05, 4.69) is 17.2 Å². The molecule has 1 aromatic carbocycles. The SMILES string of the molecule is CCCC[S+]([O-])c1sc2nc(-c3nccs3)cc(-c3ccc(COC(O)NCCN(C)C)cc3)c2c1N. The van der Waals surface area contributed by atoms with Gasteiger partial charge < -0.3 is 25.0 Å². The summed E-state index contributed by atoms with van der Waals surface area (Å²) in [5.41, 5.74) is 10.7. The number of hydrogen-bond acceptors (Lipinski definition) is 10. The Balaban J connectivity index is 1.61. The third-order valence-corrected chi connectivity index (χ3v) is 9.55. The van der Waals surface area contributed by atoms with Crippen LogP contribution in [0.5, 0.6) is 0 Å². The lowest BCUT2D eigenvalue weighted by Gasteiger charge is -2.16. The monoisotopic (exact) mass is 559 g/mol. The van der Waals surface area contributed by atoms with Gasteiger partial charge in [0.25, 0.3) is 0 Å². The summed E-state index contributed by atoms with van der Waals surface area (Å²) in [6, 6.07) is 9.97. The summed E-state index contributed by atoms with van der Waals surface area (Å²) in [5.74, 6) is 0.590. The Bertz CT molecular complexity index is 1280. The van der Waals surface area contributed by atoms with Gasteiger partial charge in [0.15, 0.2) is 0 Å². The normalized spacial score (nSPS) is 13.5. The molecule has 11 heteroatoms. The first kappa shape index (κ1) is 27.9. The van der Waals surface area contributed by atoms with Gasteiger partial charge in [-0.15, -0.1) is 11.3 Å². The number of benzene rings is 1. The average molecular weight is 560 g/mol. The van der Waals surface area contributed by atoms with Crippen molar-refractivity contribution in [3.05, 3.63) is 47.5 Å². The highest BCUT2D eigenvalue weighted by Crippen LogP contribution is 2.43. The number of unbranched alkanes of at least 4 members (excludes halogenated alkanes) is 1. The highest BCUT2D eigenvalue weighted by molar-refractivity contribution is 7.93. The van der Waals surface area contributed by atoms with Crippen LogP contribution in [0.4, 0.5) is 5.69 Å². The van der Waals surface area contributed by atoms with E-state index >= 15 is 0 Å². The molecule has 0 aliphatic heterocycles. The lowest BCUT2D eigenvalue weighted by molar-refractivity contribution is -0.128. The number of nitrogens with zero attached hydrogens (tertiary/aromatic N) is 3. The van der Waals surface area contributed by atoms with Crippen molar-refractivity contribution in [1.29, 1.82) is 0 Å². The van der Waals surface area contributed by atoms with Crippen LogP contribution < -0.4 is 11.1 Å². The van der Waals surface area contributed by atoms with E-state index in [0.29, 0.717) is 22.2 Å². The van der Waals surface area contributed by atoms with Crippen molar-refractivity contribution >= 4 is 49.8 Å². The highest BCUT2D eigenvalue weighted by atomic mass is 32.2. The molecular formula is C26H33N5O3S3. The highest BCUT2D eigenvalue weighted by Gasteiger charge is 2.25. The van der Waals surface area contributed by atoms with Crippen molar-refractivity contribution in [2.24, 2.45) is 0 Å². The topological polar surface area (TPSA) is 120 Å². The van der Waals surface area contributed by atoms with E-state index in [1.165, 1.54) is 22.7 Å². The van der Waals surface area contributed by atoms with Gasteiger partial charge in [-0.25, -0.2) is 9.97 Å². The van der Waals surface area contributed by atoms with Crippen molar-refractivity contribution in [3.8, 4) is 21.8 Å². The van der Waals surface area contributed by atoms with E-state index in [4.69, 9.17) is 15.5 Å². The molecule has 3 aromatic heterocycles. The minimum Gasteiger partial charge on any atom is -0.611 e. The fourth-order valence-electron chi connectivity index (χ4n) is 3.75. The van der Waals surface area contributed by atoms with E-state index in [1.54, 1.807) is 6.20 Å². The van der Waals surface area contributed by atoms with E-state index in [9.17, 15) is 9.66 Å². The van der Waals surface area contributed by atoms with Gasteiger partial charge in [0.1, 0.15) is 27.0 Å². The number of nitrogen functional groups attached to an aromatic ring is 1. The number of rotatable bonds is 13. The summed E-state index contributed by atoms with van der Waals surface area (Å²) in [6.45, 7) is 3.79. The molecule has 0 fully saturated rings. The van der Waals surface area contributed by atoms with Gasteiger partial charge in [0.2, 0.25) is 10.6 Å². The first-order chi connectivity index (χ1) is 17.9. The van der Waals surface area contributed by atoms with Crippen molar-refractivity contribution in [1.82, 2.24) is 20.2 Å². The number of thiazole rings is 1. The van der Waals surface area contributed by atoms with Crippen molar-refractivity contribution in [3.63, 3.8) is 0 Å². The quantitative estimate of drug-likeness (QED) is 0.162. The Hall–Kier alpha value is -2.09. The molecule has 0 amide bonds. The minimum absolute atomic E-state index is 0.272. The number of ether oxygens (including phenoxy) is 1. The van der Waals surface area contributed by atoms with Gasteiger partial charge >= 0.3 is 0 Å². The number of aromatic nitrogens is 2. The molecule has 0 aliphatic rings. The van der Waals surface area contributed by atoms with Crippen LogP contribution in [-0.2, 0) is 22.5 Å². The molecule has 198 valence electrons. The van der Waals surface area contributed by atoms with Crippen LogP contribution in [0, 0.1) is 0 Å². The van der Waals surface area contributed by atoms with Gasteiger partial charge in [0, 0.05) is 30.1 Å². The Morgan fingerprint density at radius 2 is 2.05 bits per heavy atom. The Morgan fingerprint density at radius 1 is 1.27 bits per heavy atom. The molecule has 8 nitrogen and oxygen atoms in total. The van der Waals surface area contributed by atoms with E-state index in [-0.39, 0.29) is 6.61 Å². The standard InChI is InChI=1S/C26H33N5O3S3/c1-4-5-14-37(33)25-22(27)21-19(15-20(30-24(21)36-25)23-28-11-13-35-23)18-8-6-17(7-9-18)16-34-26(32)29-10-12-31(2)3/h6-9,11,13,15,26,29,32H,4-5,10,12,14,16,27H2,1-3H3. The summed E-state index contributed by atoms with van der Waals surface area (Å²) >= 11 is 1.77. The second kappa shape index (κ2) is 13.1. The van der Waals surface area contributed by atoms with Crippen LogP contribution >= 0.6 is 22.7 Å². The number of nitrogens with one attached hydrogen (secondary N) is 1. The Labute approximate surface area is 228 Å². The molecule has 0 aliphatic carbocycles. The lowest BCUT2D eigenvalue weighted by atomic mass is 10.0. The maximum absolute atomic E-state index is 13.0. The maximum atomic E-state index is 13.0. The molecule has 2 unspecified atom stereocenters. The smallest absolute Gasteiger partial charge is 0.232 e. The molecule has 0 saturated carbocycles. The number of likely N-dealkylation sites (N-methyl/N-ethyl adjacent to an activating group) is 1. The fraction of sp³-hybridized carbons (Fsp3) is 0.385. The lowest BCUT2D eigenvalue weighted by Crippen LogP contribution is -2.36. The summed E-state index contributed by atoms with van der Waals surface area (Å²) < 4.78 is 19.2. The third kappa shape index (κ3) is 7.06. The number of fused-ring (bicyclic) bond motifs is 1. The molecule has 4 N–H and O–H groups in total. The Kier molecular flexibility index (Phi) is 9.90. The van der Waals surface area contributed by atoms with Gasteiger partial charge in [0.05, 0.1) is 6.61 Å². The zero-order valence-electron chi connectivity index (χ0n) is 21.3. The summed E-state index contributed by atoms with van der Waals surface area (Å²) in [5, 5.41) is 16.5. The second-order valence-corrected chi connectivity index (χ2v) is 12.6. The van der Waals surface area contributed by atoms with Crippen LogP contribution in [0.2, 0.25) is 0 Å². The van der Waals surface area contributed by atoms with E-state index in [0.717, 1.165) is 57.0 Å². The number of thiophene rings is 1. The molecule has 0 radical (unpaired) electrons. The zero-order valence-corrected chi connectivity index (χ0v) is 23.7. The molecular weight excluding hydrogens is 527 g/mol. The van der Waals surface area contributed by atoms with Crippen LogP contribution in [-0.4, -0.2) is 63.9 Å². The number of pyridine rings is 1.